The third-order valence-electron chi connectivity index (χ3n) is 9.25. The molecule has 0 aliphatic carbocycles. The van der Waals surface area contributed by atoms with Crippen molar-refractivity contribution in [1.29, 1.82) is 0 Å². The van der Waals surface area contributed by atoms with E-state index in [1.54, 1.807) is 41.5 Å². The van der Waals surface area contributed by atoms with Crippen molar-refractivity contribution in [2.45, 2.75) is 155 Å². The zero-order chi connectivity index (χ0) is 36.9. The summed E-state index contributed by atoms with van der Waals surface area (Å²) in [5.41, 5.74) is 0. The number of carbonyl (C=O) groups is 4. The highest BCUT2D eigenvalue weighted by Gasteiger charge is 2.61. The number of rotatable bonds is 20. The van der Waals surface area contributed by atoms with Crippen molar-refractivity contribution in [2.24, 2.45) is 17.8 Å². The SMILES string of the molecule is CCCCCCC(=O)O[C@@H]1[C@@H](OC(=O)C(C)CC)[C@@H](O[C@]2(CO)O[C@H](CO)[C@@H](O)[C@@H]2O)O[C@H](COC(=O)C(C)CC)[C@H]1OC(=O)C(C)CC. The van der Waals surface area contributed by atoms with Crippen molar-refractivity contribution in [1.82, 2.24) is 0 Å². The molecule has 12 atom stereocenters. The standard InChI is InChI=1S/C34H58O15/c1-8-12-13-14-15-24(37)45-27-26(46-31(41)20(6)10-3)23(17-43-30(40)19(5)9-2)44-33(28(27)47-32(42)21(7)11-4)49-34(18-36)29(39)25(38)22(16-35)48-34/h19-23,25-29,33,35-36,38-39H,8-18H2,1-7H3/t19?,20?,21?,22-,23-,25-,26-,27+,28-,29+,33-,34+/m1/s1. The van der Waals surface area contributed by atoms with Gasteiger partial charge in [-0.1, -0.05) is 67.7 Å². The Balaban J connectivity index is 2.68. The molecule has 4 N–H and O–H groups in total. The highest BCUT2D eigenvalue weighted by atomic mass is 16.8. The van der Waals surface area contributed by atoms with Crippen molar-refractivity contribution in [3.05, 3.63) is 0 Å². The van der Waals surface area contributed by atoms with E-state index in [0.717, 1.165) is 19.3 Å². The van der Waals surface area contributed by atoms with Gasteiger partial charge in [0, 0.05) is 6.42 Å². The summed E-state index contributed by atoms with van der Waals surface area (Å²) in [6.07, 6.45) is -8.64. The number of unbranched alkanes of at least 4 members (excludes halogenated alkanes) is 3. The summed E-state index contributed by atoms with van der Waals surface area (Å²) in [5.74, 6) is -6.86. The minimum absolute atomic E-state index is 0.0125. The average Bonchev–Trinajstić information content (AvgIpc) is 3.34. The van der Waals surface area contributed by atoms with E-state index in [1.165, 1.54) is 0 Å². The Hall–Kier alpha value is -2.40. The molecule has 284 valence electrons. The van der Waals surface area contributed by atoms with E-state index < -0.39 is 116 Å². The molecule has 0 bridgehead atoms. The van der Waals surface area contributed by atoms with Gasteiger partial charge in [0.2, 0.25) is 12.1 Å². The quantitative estimate of drug-likeness (QED) is 0.0809. The minimum atomic E-state index is -2.41. The molecule has 3 unspecified atom stereocenters. The molecule has 0 amide bonds. The molecular weight excluding hydrogens is 648 g/mol. The van der Waals surface area contributed by atoms with Crippen LogP contribution in [-0.4, -0.2) is 119 Å². The van der Waals surface area contributed by atoms with E-state index in [0.29, 0.717) is 25.7 Å². The van der Waals surface area contributed by atoms with Gasteiger partial charge in [-0.15, -0.1) is 0 Å². The maximum atomic E-state index is 13.3. The number of aliphatic hydroxyl groups excluding tert-OH is 4. The summed E-state index contributed by atoms with van der Waals surface area (Å²) in [4.78, 5) is 52.6. The molecule has 0 aromatic heterocycles. The van der Waals surface area contributed by atoms with Crippen LogP contribution >= 0.6 is 0 Å². The maximum Gasteiger partial charge on any atom is 0.309 e. The second-order valence-electron chi connectivity index (χ2n) is 13.0. The van der Waals surface area contributed by atoms with Gasteiger partial charge in [-0.25, -0.2) is 0 Å². The molecule has 2 aliphatic rings. The smallest absolute Gasteiger partial charge is 0.309 e. The lowest BCUT2D eigenvalue weighted by atomic mass is 9.96. The Kier molecular flexibility index (Phi) is 17.8. The predicted octanol–water partition coefficient (Wildman–Crippen LogP) is 1.92. The highest BCUT2D eigenvalue weighted by molar-refractivity contribution is 5.74. The number of hydrogen-bond donors (Lipinski definition) is 4. The molecule has 0 aromatic carbocycles. The van der Waals surface area contributed by atoms with E-state index in [9.17, 15) is 39.6 Å². The lowest BCUT2D eigenvalue weighted by Crippen LogP contribution is -2.65. The van der Waals surface area contributed by atoms with E-state index in [-0.39, 0.29) is 6.42 Å². The average molecular weight is 707 g/mol. The van der Waals surface area contributed by atoms with E-state index >= 15 is 0 Å². The van der Waals surface area contributed by atoms with Crippen molar-refractivity contribution >= 4 is 23.9 Å². The zero-order valence-corrected chi connectivity index (χ0v) is 29.9. The van der Waals surface area contributed by atoms with Gasteiger partial charge < -0.3 is 53.6 Å². The minimum Gasteiger partial charge on any atom is -0.463 e. The number of ether oxygens (including phenoxy) is 7. The fraction of sp³-hybridized carbons (Fsp3) is 0.882. The molecule has 0 saturated carbocycles. The first-order valence-corrected chi connectivity index (χ1v) is 17.6. The summed E-state index contributed by atoms with van der Waals surface area (Å²) in [6.45, 7) is 9.93. The number of esters is 4. The number of hydrogen-bond acceptors (Lipinski definition) is 15. The summed E-state index contributed by atoms with van der Waals surface area (Å²) in [6, 6.07) is 0. The molecule has 15 nitrogen and oxygen atoms in total. The molecule has 2 fully saturated rings. The van der Waals surface area contributed by atoms with Crippen LogP contribution in [0.5, 0.6) is 0 Å². The predicted molar refractivity (Wildman–Crippen MR) is 171 cm³/mol. The van der Waals surface area contributed by atoms with Crippen LogP contribution < -0.4 is 0 Å². The van der Waals surface area contributed by atoms with Crippen LogP contribution in [0.1, 0.15) is 99.8 Å². The topological polar surface area (TPSA) is 214 Å². The van der Waals surface area contributed by atoms with Crippen molar-refractivity contribution in [2.75, 3.05) is 19.8 Å². The van der Waals surface area contributed by atoms with Crippen LogP contribution in [0.3, 0.4) is 0 Å². The van der Waals surface area contributed by atoms with Crippen molar-refractivity contribution < 1.29 is 72.8 Å². The highest BCUT2D eigenvalue weighted by Crippen LogP contribution is 2.38. The number of carbonyl (C=O) groups excluding carboxylic acids is 4. The summed E-state index contributed by atoms with van der Waals surface area (Å²) in [5, 5.41) is 41.5. The van der Waals surface area contributed by atoms with Gasteiger partial charge >= 0.3 is 23.9 Å². The second kappa shape index (κ2) is 20.4. The van der Waals surface area contributed by atoms with Gasteiger partial charge in [-0.3, -0.25) is 19.2 Å². The van der Waals surface area contributed by atoms with Crippen LogP contribution in [0.4, 0.5) is 0 Å². The van der Waals surface area contributed by atoms with Gasteiger partial charge in [-0.05, 0) is 25.7 Å². The van der Waals surface area contributed by atoms with E-state index in [2.05, 4.69) is 0 Å². The lowest BCUT2D eigenvalue weighted by molar-refractivity contribution is -0.384. The molecule has 2 saturated heterocycles. The molecule has 2 heterocycles. The van der Waals surface area contributed by atoms with Crippen LogP contribution in [0.2, 0.25) is 0 Å². The molecule has 0 aromatic rings. The normalized spacial score (nSPS) is 31.7. The van der Waals surface area contributed by atoms with Gasteiger partial charge in [0.05, 0.1) is 24.4 Å². The Bertz CT molecular complexity index is 1050. The Morgan fingerprint density at radius 3 is 1.82 bits per heavy atom. The fourth-order valence-electron chi connectivity index (χ4n) is 5.19. The van der Waals surface area contributed by atoms with Crippen molar-refractivity contribution in [3.63, 3.8) is 0 Å². The fourth-order valence-corrected chi connectivity index (χ4v) is 5.19. The number of aliphatic hydroxyl groups is 4. The lowest BCUT2D eigenvalue weighted by Gasteiger charge is -2.46. The zero-order valence-electron chi connectivity index (χ0n) is 29.9. The monoisotopic (exact) mass is 706 g/mol. The third-order valence-corrected chi connectivity index (χ3v) is 9.25. The summed E-state index contributed by atoms with van der Waals surface area (Å²) >= 11 is 0. The van der Waals surface area contributed by atoms with Crippen LogP contribution in [0.25, 0.3) is 0 Å². The molecule has 0 radical (unpaired) electrons. The first-order valence-electron chi connectivity index (χ1n) is 17.6. The summed E-state index contributed by atoms with van der Waals surface area (Å²) in [7, 11) is 0. The van der Waals surface area contributed by atoms with E-state index in [1.807, 2.05) is 6.92 Å². The first-order chi connectivity index (χ1) is 23.2. The molecule has 49 heavy (non-hydrogen) atoms. The Morgan fingerprint density at radius 1 is 0.735 bits per heavy atom. The van der Waals surface area contributed by atoms with Crippen molar-refractivity contribution in [3.8, 4) is 0 Å². The Morgan fingerprint density at radius 2 is 1.31 bits per heavy atom. The van der Waals surface area contributed by atoms with E-state index in [4.69, 9.17) is 33.2 Å². The Labute approximate surface area is 288 Å². The molecule has 15 heteroatoms. The molecule has 2 rings (SSSR count). The van der Waals surface area contributed by atoms with Crippen LogP contribution in [0, 0.1) is 17.8 Å². The first kappa shape index (κ1) is 42.8. The second-order valence-corrected chi connectivity index (χ2v) is 13.0. The summed E-state index contributed by atoms with van der Waals surface area (Å²) < 4.78 is 41.0. The van der Waals surface area contributed by atoms with Crippen LogP contribution in [-0.2, 0) is 52.3 Å². The molecule has 0 spiro atoms. The molecular formula is C34H58O15. The third kappa shape index (κ3) is 11.3. The maximum absolute atomic E-state index is 13.3. The van der Waals surface area contributed by atoms with Gasteiger partial charge in [0.25, 0.3) is 0 Å². The van der Waals surface area contributed by atoms with Crippen LogP contribution in [0.15, 0.2) is 0 Å². The van der Waals surface area contributed by atoms with Gasteiger partial charge in [-0.2, -0.15) is 0 Å². The molecule has 2 aliphatic heterocycles. The largest absolute Gasteiger partial charge is 0.463 e. The van der Waals surface area contributed by atoms with Gasteiger partial charge in [0.15, 0.2) is 18.3 Å². The van der Waals surface area contributed by atoms with Gasteiger partial charge in [0.1, 0.15) is 37.6 Å².